The van der Waals surface area contributed by atoms with Crippen LogP contribution < -0.4 is 10.2 Å². The van der Waals surface area contributed by atoms with Crippen molar-refractivity contribution >= 4 is 11.8 Å². The smallest absolute Gasteiger partial charge is 0.317 e. The summed E-state index contributed by atoms with van der Waals surface area (Å²) in [6.07, 6.45) is 8.84. The SMILES string of the molecule is CCc1cc(N2CCN(C(=O)NC(CC)Cn3ccnc3)CC2)ncn1. The van der Waals surface area contributed by atoms with Crippen molar-refractivity contribution in [2.24, 2.45) is 0 Å². The molecule has 0 aliphatic carbocycles. The summed E-state index contributed by atoms with van der Waals surface area (Å²) in [4.78, 5) is 29.4. The van der Waals surface area contributed by atoms with E-state index in [1.54, 1.807) is 18.9 Å². The van der Waals surface area contributed by atoms with Gasteiger partial charge in [0.1, 0.15) is 12.1 Å². The minimum absolute atomic E-state index is 0.00792. The summed E-state index contributed by atoms with van der Waals surface area (Å²) in [5.74, 6) is 0.948. The Hall–Kier alpha value is -2.64. The third-order valence-electron chi connectivity index (χ3n) is 4.77. The van der Waals surface area contributed by atoms with Gasteiger partial charge in [0.2, 0.25) is 0 Å². The molecule has 1 fully saturated rings. The Morgan fingerprint density at radius 2 is 2.04 bits per heavy atom. The van der Waals surface area contributed by atoms with Crippen LogP contribution in [0.2, 0.25) is 0 Å². The second kappa shape index (κ2) is 8.64. The third kappa shape index (κ3) is 4.50. The number of nitrogens with zero attached hydrogens (tertiary/aromatic N) is 6. The van der Waals surface area contributed by atoms with Gasteiger partial charge in [0, 0.05) is 62.9 Å². The molecule has 140 valence electrons. The van der Waals surface area contributed by atoms with Gasteiger partial charge in [0.15, 0.2) is 0 Å². The topological polar surface area (TPSA) is 79.2 Å². The predicted octanol–water partition coefficient (Wildman–Crippen LogP) is 1.55. The van der Waals surface area contributed by atoms with Gasteiger partial charge < -0.3 is 19.7 Å². The van der Waals surface area contributed by atoms with E-state index < -0.39 is 0 Å². The van der Waals surface area contributed by atoms with Crippen LogP contribution in [0.1, 0.15) is 26.0 Å². The zero-order chi connectivity index (χ0) is 18.4. The minimum Gasteiger partial charge on any atom is -0.353 e. The van der Waals surface area contributed by atoms with Crippen molar-refractivity contribution in [1.82, 2.24) is 29.7 Å². The van der Waals surface area contributed by atoms with E-state index in [0.717, 1.165) is 44.0 Å². The number of imidazole rings is 1. The van der Waals surface area contributed by atoms with Crippen LogP contribution in [0.25, 0.3) is 0 Å². The Bertz CT molecular complexity index is 695. The van der Waals surface area contributed by atoms with Gasteiger partial charge in [-0.15, -0.1) is 0 Å². The highest BCUT2D eigenvalue weighted by atomic mass is 16.2. The Balaban J connectivity index is 1.51. The molecule has 0 bridgehead atoms. The summed E-state index contributed by atoms with van der Waals surface area (Å²) in [7, 11) is 0. The number of hydrogen-bond acceptors (Lipinski definition) is 5. The highest BCUT2D eigenvalue weighted by molar-refractivity contribution is 5.74. The number of aryl methyl sites for hydroxylation is 1. The molecule has 8 heteroatoms. The van der Waals surface area contributed by atoms with Crippen LogP contribution in [0, 0.1) is 0 Å². The van der Waals surface area contributed by atoms with Crippen LogP contribution in [0.15, 0.2) is 31.1 Å². The number of carbonyl (C=O) groups is 1. The van der Waals surface area contributed by atoms with Crippen LogP contribution >= 0.6 is 0 Å². The monoisotopic (exact) mass is 357 g/mol. The molecular weight excluding hydrogens is 330 g/mol. The summed E-state index contributed by atoms with van der Waals surface area (Å²) in [5, 5.41) is 3.14. The molecule has 2 aromatic rings. The molecule has 1 aliphatic heterocycles. The molecule has 1 saturated heterocycles. The van der Waals surface area contributed by atoms with Crippen molar-refractivity contribution in [2.45, 2.75) is 39.3 Å². The van der Waals surface area contributed by atoms with Crippen molar-refractivity contribution in [2.75, 3.05) is 31.1 Å². The number of aromatic nitrogens is 4. The van der Waals surface area contributed by atoms with Gasteiger partial charge in [-0.25, -0.2) is 19.7 Å². The fourth-order valence-electron chi connectivity index (χ4n) is 3.08. The second-order valence-corrected chi connectivity index (χ2v) is 6.51. The molecule has 3 rings (SSSR count). The zero-order valence-electron chi connectivity index (χ0n) is 15.5. The molecule has 0 radical (unpaired) electrons. The summed E-state index contributed by atoms with van der Waals surface area (Å²) < 4.78 is 1.99. The number of nitrogens with one attached hydrogen (secondary N) is 1. The van der Waals surface area contributed by atoms with Gasteiger partial charge >= 0.3 is 6.03 Å². The maximum atomic E-state index is 12.6. The first-order chi connectivity index (χ1) is 12.7. The molecular formula is C18H27N7O. The molecule has 1 aliphatic rings. The van der Waals surface area contributed by atoms with Crippen LogP contribution in [0.5, 0.6) is 0 Å². The largest absolute Gasteiger partial charge is 0.353 e. The first kappa shape index (κ1) is 18.2. The number of hydrogen-bond donors (Lipinski definition) is 1. The second-order valence-electron chi connectivity index (χ2n) is 6.51. The van der Waals surface area contributed by atoms with Crippen molar-refractivity contribution < 1.29 is 4.79 Å². The Morgan fingerprint density at radius 1 is 1.23 bits per heavy atom. The lowest BCUT2D eigenvalue weighted by Gasteiger charge is -2.36. The maximum Gasteiger partial charge on any atom is 0.317 e. The molecule has 2 aromatic heterocycles. The molecule has 0 aromatic carbocycles. The molecule has 2 amide bonds. The lowest BCUT2D eigenvalue weighted by Crippen LogP contribution is -2.54. The summed E-state index contributed by atoms with van der Waals surface area (Å²) >= 11 is 0. The highest BCUT2D eigenvalue weighted by Crippen LogP contribution is 2.14. The van der Waals surface area contributed by atoms with E-state index in [1.807, 2.05) is 21.7 Å². The van der Waals surface area contributed by atoms with Crippen LogP contribution in [0.3, 0.4) is 0 Å². The van der Waals surface area contributed by atoms with Crippen LogP contribution in [-0.4, -0.2) is 62.7 Å². The minimum atomic E-state index is 0.00792. The molecule has 1 unspecified atom stereocenters. The number of carbonyl (C=O) groups excluding carboxylic acids is 1. The Morgan fingerprint density at radius 3 is 2.69 bits per heavy atom. The molecule has 1 atom stereocenters. The average Bonchev–Trinajstić information content (AvgIpc) is 3.20. The third-order valence-corrected chi connectivity index (χ3v) is 4.77. The lowest BCUT2D eigenvalue weighted by atomic mass is 10.2. The van der Waals surface area contributed by atoms with Crippen LogP contribution in [0.4, 0.5) is 10.6 Å². The Kier molecular flexibility index (Phi) is 6.04. The number of urea groups is 1. The normalized spacial score (nSPS) is 15.8. The zero-order valence-corrected chi connectivity index (χ0v) is 15.5. The quantitative estimate of drug-likeness (QED) is 0.848. The molecule has 1 N–H and O–H groups in total. The predicted molar refractivity (Wildman–Crippen MR) is 100 cm³/mol. The van der Waals surface area contributed by atoms with Crippen molar-refractivity contribution in [3.8, 4) is 0 Å². The number of rotatable bonds is 6. The number of anilines is 1. The van der Waals surface area contributed by atoms with E-state index in [2.05, 4.69) is 39.0 Å². The van der Waals surface area contributed by atoms with E-state index in [1.165, 1.54) is 0 Å². The lowest BCUT2D eigenvalue weighted by molar-refractivity contribution is 0.188. The van der Waals surface area contributed by atoms with Gasteiger partial charge in [-0.3, -0.25) is 0 Å². The fraction of sp³-hybridized carbons (Fsp3) is 0.556. The van der Waals surface area contributed by atoms with Crippen molar-refractivity contribution in [1.29, 1.82) is 0 Å². The van der Waals surface area contributed by atoms with Gasteiger partial charge in [0.05, 0.1) is 6.33 Å². The van der Waals surface area contributed by atoms with Crippen LogP contribution in [-0.2, 0) is 13.0 Å². The van der Waals surface area contributed by atoms with Crippen molar-refractivity contribution in [3.63, 3.8) is 0 Å². The highest BCUT2D eigenvalue weighted by Gasteiger charge is 2.23. The van der Waals surface area contributed by atoms with E-state index in [9.17, 15) is 4.79 Å². The first-order valence-electron chi connectivity index (χ1n) is 9.26. The van der Waals surface area contributed by atoms with Gasteiger partial charge in [-0.2, -0.15) is 0 Å². The molecule has 0 saturated carbocycles. The molecule has 26 heavy (non-hydrogen) atoms. The molecule has 3 heterocycles. The van der Waals surface area contributed by atoms with E-state index in [4.69, 9.17) is 0 Å². The number of amides is 2. The maximum absolute atomic E-state index is 12.6. The average molecular weight is 357 g/mol. The number of piperazine rings is 1. The standard InChI is InChI=1S/C18H27N7O/c1-3-15-11-17(21-13-20-15)24-7-9-25(10-8-24)18(26)22-16(4-2)12-23-6-5-19-14-23/h5-6,11,13-14,16H,3-4,7-10,12H2,1-2H3,(H,22,26). The Labute approximate surface area is 154 Å². The summed E-state index contributed by atoms with van der Waals surface area (Å²) in [6.45, 7) is 7.86. The van der Waals surface area contributed by atoms with Gasteiger partial charge in [-0.05, 0) is 12.8 Å². The van der Waals surface area contributed by atoms with E-state index in [-0.39, 0.29) is 12.1 Å². The van der Waals surface area contributed by atoms with Gasteiger partial charge in [-0.1, -0.05) is 13.8 Å². The molecule has 0 spiro atoms. The van der Waals surface area contributed by atoms with Crippen molar-refractivity contribution in [3.05, 3.63) is 36.8 Å². The summed E-state index contributed by atoms with van der Waals surface area (Å²) in [6, 6.07) is 2.14. The van der Waals surface area contributed by atoms with Gasteiger partial charge in [0.25, 0.3) is 0 Å². The van der Waals surface area contributed by atoms with E-state index >= 15 is 0 Å². The fourth-order valence-corrected chi connectivity index (χ4v) is 3.08. The van der Waals surface area contributed by atoms with E-state index in [0.29, 0.717) is 13.1 Å². The summed E-state index contributed by atoms with van der Waals surface area (Å²) in [5.41, 5.74) is 1.04. The molecule has 8 nitrogen and oxygen atoms in total. The first-order valence-corrected chi connectivity index (χ1v) is 9.26.